The molecule has 7 heteroatoms. The van der Waals surface area contributed by atoms with E-state index in [9.17, 15) is 13.2 Å². The summed E-state index contributed by atoms with van der Waals surface area (Å²) in [6.45, 7) is 1.81. The lowest BCUT2D eigenvalue weighted by atomic mass is 10.0. The first kappa shape index (κ1) is 19.2. The van der Waals surface area contributed by atoms with Gasteiger partial charge in [0.1, 0.15) is 17.2 Å². The lowest BCUT2D eigenvalue weighted by Crippen LogP contribution is -2.26. The number of ether oxygens (including phenoxy) is 3. The number of hydrogen-bond acceptors (Lipinski definition) is 3. The fourth-order valence-corrected chi connectivity index (χ4v) is 2.57. The van der Waals surface area contributed by atoms with Gasteiger partial charge in [-0.05, 0) is 36.4 Å². The molecule has 2 aromatic rings. The van der Waals surface area contributed by atoms with Gasteiger partial charge in [-0.2, -0.15) is 13.2 Å². The number of alkyl halides is 4. The van der Waals surface area contributed by atoms with Crippen LogP contribution in [0.25, 0.3) is 0 Å². The fraction of sp³-hybridized carbons (Fsp3) is 0.333. The SMILES string of the molecule is CCC(Cl)(Oc1ccc(C(F)(F)F)cc1)c1ccc(OC)cc1OC. The maximum absolute atomic E-state index is 12.7. The molecule has 2 aromatic carbocycles. The smallest absolute Gasteiger partial charge is 0.416 e. The summed E-state index contributed by atoms with van der Waals surface area (Å²) in [4.78, 5) is 0. The van der Waals surface area contributed by atoms with Gasteiger partial charge in [0.05, 0.1) is 25.3 Å². The van der Waals surface area contributed by atoms with E-state index in [1.54, 1.807) is 25.1 Å². The Balaban J connectivity index is 2.34. The van der Waals surface area contributed by atoms with Crippen molar-refractivity contribution in [2.75, 3.05) is 14.2 Å². The molecule has 0 aromatic heterocycles. The van der Waals surface area contributed by atoms with E-state index in [1.165, 1.54) is 26.4 Å². The van der Waals surface area contributed by atoms with E-state index in [4.69, 9.17) is 25.8 Å². The van der Waals surface area contributed by atoms with Gasteiger partial charge in [-0.3, -0.25) is 0 Å². The van der Waals surface area contributed by atoms with Crippen LogP contribution >= 0.6 is 11.6 Å². The second kappa shape index (κ2) is 7.44. The number of methoxy groups -OCH3 is 2. The highest BCUT2D eigenvalue weighted by Gasteiger charge is 2.34. The fourth-order valence-electron chi connectivity index (χ4n) is 2.32. The van der Waals surface area contributed by atoms with Crippen LogP contribution in [0, 0.1) is 0 Å². The van der Waals surface area contributed by atoms with Crippen molar-refractivity contribution in [3.8, 4) is 17.2 Å². The van der Waals surface area contributed by atoms with Crippen LogP contribution in [0.3, 0.4) is 0 Å². The van der Waals surface area contributed by atoms with Crippen molar-refractivity contribution in [3.63, 3.8) is 0 Å². The first-order valence-electron chi connectivity index (χ1n) is 7.51. The Morgan fingerprint density at radius 3 is 2.00 bits per heavy atom. The van der Waals surface area contributed by atoms with E-state index in [1.807, 2.05) is 0 Å². The molecule has 0 aliphatic carbocycles. The highest BCUT2D eigenvalue weighted by molar-refractivity contribution is 6.23. The van der Waals surface area contributed by atoms with E-state index in [0.717, 1.165) is 12.1 Å². The molecule has 0 radical (unpaired) electrons. The molecule has 0 aliphatic heterocycles. The van der Waals surface area contributed by atoms with Gasteiger partial charge in [0, 0.05) is 12.5 Å². The molecular weight excluding hydrogens is 357 g/mol. The lowest BCUT2D eigenvalue weighted by molar-refractivity contribution is -0.137. The molecule has 0 amide bonds. The Hall–Kier alpha value is -2.08. The van der Waals surface area contributed by atoms with Gasteiger partial charge in [0.25, 0.3) is 0 Å². The topological polar surface area (TPSA) is 27.7 Å². The maximum atomic E-state index is 12.7. The van der Waals surface area contributed by atoms with E-state index in [2.05, 4.69) is 0 Å². The molecule has 25 heavy (non-hydrogen) atoms. The molecule has 0 bridgehead atoms. The third-order valence-corrected chi connectivity index (χ3v) is 4.27. The predicted molar refractivity (Wildman–Crippen MR) is 89.4 cm³/mol. The van der Waals surface area contributed by atoms with Crippen molar-refractivity contribution in [3.05, 3.63) is 53.6 Å². The molecular formula is C18H18ClF3O3. The Morgan fingerprint density at radius 1 is 0.920 bits per heavy atom. The summed E-state index contributed by atoms with van der Waals surface area (Å²) in [6, 6.07) is 9.47. The van der Waals surface area contributed by atoms with Crippen LogP contribution in [-0.4, -0.2) is 14.2 Å². The van der Waals surface area contributed by atoms with Crippen molar-refractivity contribution < 1.29 is 27.4 Å². The minimum Gasteiger partial charge on any atom is -0.497 e. The zero-order chi connectivity index (χ0) is 18.7. The minimum atomic E-state index is -4.40. The standard InChI is InChI=1S/C18H18ClF3O3/c1-4-17(19,15-10-9-14(23-2)11-16(15)24-3)25-13-7-5-12(6-8-13)18(20,21)22/h5-11H,4H2,1-3H3. The summed E-state index contributed by atoms with van der Waals surface area (Å²) in [7, 11) is 3.02. The van der Waals surface area contributed by atoms with Crippen LogP contribution in [0.5, 0.6) is 17.2 Å². The Labute approximate surface area is 149 Å². The zero-order valence-corrected chi connectivity index (χ0v) is 14.7. The van der Waals surface area contributed by atoms with Crippen LogP contribution in [0.4, 0.5) is 13.2 Å². The van der Waals surface area contributed by atoms with Gasteiger partial charge in [0.15, 0.2) is 0 Å². The molecule has 2 rings (SSSR count). The molecule has 3 nitrogen and oxygen atoms in total. The van der Waals surface area contributed by atoms with E-state index in [0.29, 0.717) is 23.5 Å². The van der Waals surface area contributed by atoms with Crippen LogP contribution in [0.15, 0.2) is 42.5 Å². The molecule has 0 aliphatic rings. The number of halogens is 4. The van der Waals surface area contributed by atoms with Crippen LogP contribution in [0.1, 0.15) is 24.5 Å². The highest BCUT2D eigenvalue weighted by atomic mass is 35.5. The van der Waals surface area contributed by atoms with E-state index in [-0.39, 0.29) is 5.75 Å². The van der Waals surface area contributed by atoms with Crippen molar-refractivity contribution >= 4 is 11.6 Å². The summed E-state index contributed by atoms with van der Waals surface area (Å²) >= 11 is 6.63. The Bertz CT molecular complexity index is 716. The average molecular weight is 375 g/mol. The van der Waals surface area contributed by atoms with Crippen LogP contribution in [-0.2, 0) is 11.2 Å². The largest absolute Gasteiger partial charge is 0.497 e. The summed E-state index contributed by atoms with van der Waals surface area (Å²) in [5.74, 6) is 1.27. The first-order valence-corrected chi connectivity index (χ1v) is 7.89. The van der Waals surface area contributed by atoms with Crippen LogP contribution < -0.4 is 14.2 Å². The molecule has 0 spiro atoms. The molecule has 1 unspecified atom stereocenters. The monoisotopic (exact) mass is 374 g/mol. The number of benzene rings is 2. The second-order valence-corrected chi connectivity index (χ2v) is 5.88. The Kier molecular flexibility index (Phi) is 5.72. The highest BCUT2D eigenvalue weighted by Crippen LogP contribution is 2.42. The normalized spacial score (nSPS) is 13.9. The van der Waals surface area contributed by atoms with E-state index < -0.39 is 16.8 Å². The van der Waals surface area contributed by atoms with Crippen molar-refractivity contribution in [1.29, 1.82) is 0 Å². The summed E-state index contributed by atoms with van der Waals surface area (Å²) in [6.07, 6.45) is -4.04. The average Bonchev–Trinajstić information content (AvgIpc) is 2.60. The molecule has 0 N–H and O–H groups in total. The molecule has 136 valence electrons. The molecule has 0 fully saturated rings. The summed E-state index contributed by atoms with van der Waals surface area (Å²) < 4.78 is 54.3. The number of hydrogen-bond donors (Lipinski definition) is 0. The van der Waals surface area contributed by atoms with Gasteiger partial charge in [-0.25, -0.2) is 0 Å². The maximum Gasteiger partial charge on any atom is 0.416 e. The van der Waals surface area contributed by atoms with E-state index >= 15 is 0 Å². The molecule has 0 heterocycles. The lowest BCUT2D eigenvalue weighted by Gasteiger charge is -2.29. The van der Waals surface area contributed by atoms with Crippen molar-refractivity contribution in [2.45, 2.75) is 24.6 Å². The third-order valence-electron chi connectivity index (χ3n) is 3.73. The number of rotatable bonds is 6. The second-order valence-electron chi connectivity index (χ2n) is 5.27. The minimum absolute atomic E-state index is 0.225. The molecule has 1 atom stereocenters. The predicted octanol–water partition coefficient (Wildman–Crippen LogP) is 5.60. The van der Waals surface area contributed by atoms with Gasteiger partial charge < -0.3 is 14.2 Å². The van der Waals surface area contributed by atoms with Gasteiger partial charge in [-0.15, -0.1) is 0 Å². The zero-order valence-electron chi connectivity index (χ0n) is 14.0. The molecule has 0 saturated carbocycles. The van der Waals surface area contributed by atoms with Crippen molar-refractivity contribution in [2.24, 2.45) is 0 Å². The van der Waals surface area contributed by atoms with Crippen molar-refractivity contribution in [1.82, 2.24) is 0 Å². The first-order chi connectivity index (χ1) is 11.7. The summed E-state index contributed by atoms with van der Waals surface area (Å²) in [5.41, 5.74) is -0.196. The quantitative estimate of drug-likeness (QED) is 0.616. The van der Waals surface area contributed by atoms with Crippen LogP contribution in [0.2, 0.25) is 0 Å². The summed E-state index contributed by atoms with van der Waals surface area (Å²) in [5, 5.41) is -1.29. The van der Waals surface area contributed by atoms with Gasteiger partial charge in [0.2, 0.25) is 5.06 Å². The molecule has 0 saturated heterocycles. The van der Waals surface area contributed by atoms with Gasteiger partial charge >= 0.3 is 6.18 Å². The van der Waals surface area contributed by atoms with Gasteiger partial charge in [-0.1, -0.05) is 18.5 Å². The Morgan fingerprint density at radius 2 is 1.52 bits per heavy atom. The third kappa shape index (κ3) is 4.31.